The summed E-state index contributed by atoms with van der Waals surface area (Å²) in [6.45, 7) is 3.83. The lowest BCUT2D eigenvalue weighted by molar-refractivity contribution is 0.146. The Morgan fingerprint density at radius 3 is 2.56 bits per heavy atom. The molecular formula is C21H23ClF4N6. The molecule has 1 aliphatic rings. The summed E-state index contributed by atoms with van der Waals surface area (Å²) in [6, 6.07) is 4.40. The molecule has 0 spiro atoms. The van der Waals surface area contributed by atoms with E-state index in [1.807, 2.05) is 0 Å². The van der Waals surface area contributed by atoms with Crippen molar-refractivity contribution in [1.29, 1.82) is 0 Å². The molecule has 0 bridgehead atoms. The molecule has 172 valence electrons. The minimum Gasteiger partial charge on any atom is -0.363 e. The van der Waals surface area contributed by atoms with E-state index >= 15 is 0 Å². The predicted octanol–water partition coefficient (Wildman–Crippen LogP) is 4.49. The minimum atomic E-state index is -2.91. The smallest absolute Gasteiger partial charge is 0.266 e. The molecule has 4 rings (SSSR count). The van der Waals surface area contributed by atoms with Crippen LogP contribution in [-0.4, -0.2) is 40.3 Å². The van der Waals surface area contributed by atoms with Crippen molar-refractivity contribution in [2.45, 2.75) is 38.5 Å². The number of anilines is 2. The van der Waals surface area contributed by atoms with E-state index < -0.39 is 36.1 Å². The molecule has 32 heavy (non-hydrogen) atoms. The molecule has 0 saturated carbocycles. The lowest BCUT2D eigenvalue weighted by Crippen LogP contribution is -2.30. The van der Waals surface area contributed by atoms with Gasteiger partial charge in [-0.3, -0.25) is 0 Å². The summed E-state index contributed by atoms with van der Waals surface area (Å²) < 4.78 is 54.6. The first kappa shape index (κ1) is 23.9. The van der Waals surface area contributed by atoms with Crippen molar-refractivity contribution in [2.75, 3.05) is 23.3 Å². The summed E-state index contributed by atoms with van der Waals surface area (Å²) in [7, 11) is 0. The summed E-state index contributed by atoms with van der Waals surface area (Å²) in [4.78, 5) is 14.9. The molecule has 11 heteroatoms. The third-order valence-electron chi connectivity index (χ3n) is 5.41. The minimum absolute atomic E-state index is 0. The highest BCUT2D eigenvalue weighted by molar-refractivity contribution is 5.90. The summed E-state index contributed by atoms with van der Waals surface area (Å²) in [5.74, 6) is 0.443. The Bertz CT molecular complexity index is 1110. The average Bonchev–Trinajstić information content (AvgIpc) is 3.06. The highest BCUT2D eigenvalue weighted by Crippen LogP contribution is 2.31. The molecule has 0 aliphatic carbocycles. The third-order valence-corrected chi connectivity index (χ3v) is 5.41. The lowest BCUT2D eigenvalue weighted by atomic mass is 10.0. The van der Waals surface area contributed by atoms with Gasteiger partial charge in [-0.05, 0) is 19.9 Å². The number of hydrogen-bond donors (Lipinski definition) is 2. The van der Waals surface area contributed by atoms with Gasteiger partial charge in [-0.2, -0.15) is 0 Å². The van der Waals surface area contributed by atoms with Gasteiger partial charge in [-0.1, -0.05) is 18.2 Å². The van der Waals surface area contributed by atoms with E-state index in [0.29, 0.717) is 34.9 Å². The predicted molar refractivity (Wildman–Crippen MR) is 118 cm³/mol. The van der Waals surface area contributed by atoms with Gasteiger partial charge in [0.15, 0.2) is 0 Å². The number of nitrogens with one attached hydrogen (secondary N) is 1. The van der Waals surface area contributed by atoms with Crippen LogP contribution in [0.3, 0.4) is 0 Å². The van der Waals surface area contributed by atoms with Crippen LogP contribution < -0.4 is 16.0 Å². The van der Waals surface area contributed by atoms with Crippen LogP contribution in [0.5, 0.6) is 0 Å². The number of aryl methyl sites for hydroxylation is 1. The van der Waals surface area contributed by atoms with Crippen LogP contribution in [0.4, 0.5) is 29.2 Å². The molecule has 6 nitrogen and oxygen atoms in total. The van der Waals surface area contributed by atoms with Gasteiger partial charge in [0.2, 0.25) is 0 Å². The zero-order valence-electron chi connectivity index (χ0n) is 17.4. The second-order valence-corrected chi connectivity index (χ2v) is 7.68. The lowest BCUT2D eigenvalue weighted by Gasteiger charge is -2.20. The van der Waals surface area contributed by atoms with Crippen LogP contribution in [0.2, 0.25) is 0 Å². The van der Waals surface area contributed by atoms with E-state index in [2.05, 4.69) is 20.3 Å². The first-order chi connectivity index (χ1) is 14.7. The molecule has 2 aromatic heterocycles. The number of nitrogens with two attached hydrogens (primary N) is 1. The maximum Gasteiger partial charge on any atom is 0.266 e. The summed E-state index contributed by atoms with van der Waals surface area (Å²) >= 11 is 0. The second kappa shape index (κ2) is 9.41. The van der Waals surface area contributed by atoms with Gasteiger partial charge in [0.1, 0.15) is 29.4 Å². The number of alkyl halides is 3. The zero-order chi connectivity index (χ0) is 22.3. The number of halogens is 5. The van der Waals surface area contributed by atoms with Gasteiger partial charge in [0, 0.05) is 17.5 Å². The van der Waals surface area contributed by atoms with Crippen LogP contribution in [0.25, 0.3) is 10.9 Å². The summed E-state index contributed by atoms with van der Waals surface area (Å²) in [6.07, 6.45) is -2.49. The van der Waals surface area contributed by atoms with Gasteiger partial charge in [0.05, 0.1) is 35.9 Å². The van der Waals surface area contributed by atoms with E-state index in [-0.39, 0.29) is 24.5 Å². The highest BCUT2D eigenvalue weighted by Gasteiger charge is 2.31. The topological polar surface area (TPSA) is 80.0 Å². The third kappa shape index (κ3) is 4.56. The van der Waals surface area contributed by atoms with Crippen LogP contribution in [-0.2, 0) is 0 Å². The van der Waals surface area contributed by atoms with Crippen molar-refractivity contribution >= 4 is 34.9 Å². The fraction of sp³-hybridized carbons (Fsp3) is 0.381. The summed E-state index contributed by atoms with van der Waals surface area (Å²) in [5.41, 5.74) is 5.78. The van der Waals surface area contributed by atoms with E-state index in [1.165, 1.54) is 12.1 Å². The zero-order valence-corrected chi connectivity index (χ0v) is 18.2. The molecule has 0 amide bonds. The Labute approximate surface area is 188 Å². The number of aromatic nitrogens is 3. The number of rotatable bonds is 5. The number of benzene rings is 1. The molecule has 0 radical (unpaired) electrons. The normalized spacial score (nSPS) is 19.3. The van der Waals surface area contributed by atoms with Crippen LogP contribution in [0.15, 0.2) is 30.5 Å². The highest BCUT2D eigenvalue weighted by atomic mass is 35.5. The molecule has 1 saturated heterocycles. The van der Waals surface area contributed by atoms with Gasteiger partial charge in [0.25, 0.3) is 6.43 Å². The van der Waals surface area contributed by atoms with E-state index in [1.54, 1.807) is 31.0 Å². The Kier molecular flexibility index (Phi) is 7.04. The van der Waals surface area contributed by atoms with Gasteiger partial charge < -0.3 is 16.0 Å². The SMILES string of the molecule is Cc1nc(NC(C)c2cccc(C(F)F)c2F)c2cc(N3C[C@@H](N)[C@@H](F)C3)ncc2n1.Cl. The number of hydrogen-bond acceptors (Lipinski definition) is 6. The first-order valence-electron chi connectivity index (χ1n) is 9.86. The molecule has 1 aliphatic heterocycles. The number of nitrogens with zero attached hydrogens (tertiary/aromatic N) is 4. The number of fused-ring (bicyclic) bond motifs is 1. The van der Waals surface area contributed by atoms with Gasteiger partial charge in [-0.25, -0.2) is 32.5 Å². The Hall–Kier alpha value is -2.72. The maximum atomic E-state index is 14.6. The Balaban J connectivity index is 0.00000289. The van der Waals surface area contributed by atoms with Crippen molar-refractivity contribution < 1.29 is 17.6 Å². The molecule has 3 N–H and O–H groups in total. The van der Waals surface area contributed by atoms with E-state index in [9.17, 15) is 17.6 Å². The van der Waals surface area contributed by atoms with Crippen molar-refractivity contribution in [3.8, 4) is 0 Å². The van der Waals surface area contributed by atoms with Crippen LogP contribution in [0, 0.1) is 12.7 Å². The Morgan fingerprint density at radius 2 is 1.91 bits per heavy atom. The Morgan fingerprint density at radius 1 is 1.19 bits per heavy atom. The standard InChI is InChI=1S/C21H22F4N6.ClH/c1-10(12-4-3-5-13(19(12)23)20(24)25)28-21-14-6-18(31-8-15(22)16(26)9-31)27-7-17(14)29-11(2)30-21;/h3-7,10,15-16,20H,8-9,26H2,1-2H3,(H,28,29,30);1H/t10?,15-,16+;/m0./s1. The van der Waals surface area contributed by atoms with Crippen LogP contribution in [0.1, 0.15) is 36.3 Å². The van der Waals surface area contributed by atoms with Crippen LogP contribution >= 0.6 is 12.4 Å². The van der Waals surface area contributed by atoms with E-state index in [4.69, 9.17) is 5.73 Å². The quantitative estimate of drug-likeness (QED) is 0.535. The molecule has 1 unspecified atom stereocenters. The van der Waals surface area contributed by atoms with Crippen molar-refractivity contribution in [3.05, 3.63) is 53.2 Å². The molecule has 3 heterocycles. The van der Waals surface area contributed by atoms with Gasteiger partial charge in [-0.15, -0.1) is 12.4 Å². The summed E-state index contributed by atoms with van der Waals surface area (Å²) in [5, 5.41) is 3.70. The monoisotopic (exact) mass is 470 g/mol. The van der Waals surface area contributed by atoms with Crippen molar-refractivity contribution in [2.24, 2.45) is 5.73 Å². The van der Waals surface area contributed by atoms with E-state index in [0.717, 1.165) is 6.07 Å². The fourth-order valence-electron chi connectivity index (χ4n) is 3.75. The average molecular weight is 471 g/mol. The molecule has 3 atom stereocenters. The second-order valence-electron chi connectivity index (χ2n) is 7.68. The van der Waals surface area contributed by atoms with Crippen molar-refractivity contribution in [1.82, 2.24) is 15.0 Å². The molecule has 1 fully saturated rings. The molecule has 3 aromatic rings. The maximum absolute atomic E-state index is 14.6. The molecular weight excluding hydrogens is 448 g/mol. The first-order valence-corrected chi connectivity index (χ1v) is 9.86. The fourth-order valence-corrected chi connectivity index (χ4v) is 3.75. The molecule has 1 aromatic carbocycles. The number of pyridine rings is 1. The largest absolute Gasteiger partial charge is 0.363 e. The van der Waals surface area contributed by atoms with Crippen molar-refractivity contribution in [3.63, 3.8) is 0 Å². The van der Waals surface area contributed by atoms with Gasteiger partial charge >= 0.3 is 0 Å².